The molecule has 0 saturated carbocycles. The molecule has 2 rings (SSSR count). The van der Waals surface area contributed by atoms with Gasteiger partial charge < -0.3 is 4.74 Å². The smallest absolute Gasteiger partial charge is 0.137 e. The van der Waals surface area contributed by atoms with Gasteiger partial charge in [0.2, 0.25) is 0 Å². The van der Waals surface area contributed by atoms with E-state index in [4.69, 9.17) is 4.74 Å². The molecule has 0 aromatic heterocycles. The predicted molar refractivity (Wildman–Crippen MR) is 66.4 cm³/mol. The van der Waals surface area contributed by atoms with Crippen LogP contribution >= 0.6 is 0 Å². The minimum Gasteiger partial charge on any atom is -0.358 e. The fourth-order valence-corrected chi connectivity index (χ4v) is 2.24. The Hall–Kier alpha value is -0.860. The molecule has 1 saturated heterocycles. The van der Waals surface area contributed by atoms with Crippen molar-refractivity contribution in [2.45, 2.75) is 32.9 Å². The highest BCUT2D eigenvalue weighted by Gasteiger charge is 2.26. The fraction of sp³-hybridized carbons (Fsp3) is 0.571. The molecule has 0 N–H and O–H groups in total. The number of ether oxygens (including phenoxy) is 1. The van der Waals surface area contributed by atoms with Crippen LogP contribution in [0.4, 0.5) is 0 Å². The molecule has 1 aliphatic rings. The van der Waals surface area contributed by atoms with Crippen LogP contribution in [-0.2, 0) is 4.74 Å². The summed E-state index contributed by atoms with van der Waals surface area (Å²) in [7, 11) is 0. The molecule has 1 unspecified atom stereocenters. The predicted octanol–water partition coefficient (Wildman–Crippen LogP) is 3.13. The molecule has 1 aliphatic heterocycles. The van der Waals surface area contributed by atoms with Gasteiger partial charge in [-0.05, 0) is 24.5 Å². The van der Waals surface area contributed by atoms with Crippen molar-refractivity contribution in [3.8, 4) is 0 Å². The van der Waals surface area contributed by atoms with Gasteiger partial charge in [0, 0.05) is 13.1 Å². The highest BCUT2D eigenvalue weighted by atomic mass is 16.5. The third-order valence-corrected chi connectivity index (χ3v) is 3.24. The van der Waals surface area contributed by atoms with Crippen molar-refractivity contribution >= 4 is 0 Å². The Morgan fingerprint density at radius 1 is 1.38 bits per heavy atom. The first-order valence-electron chi connectivity index (χ1n) is 6.24. The molecule has 2 heteroatoms. The SMILES string of the molecule is CCCCN1CCOC1c1ccccc1C. The van der Waals surface area contributed by atoms with E-state index in [-0.39, 0.29) is 6.23 Å². The third-order valence-electron chi connectivity index (χ3n) is 3.24. The minimum absolute atomic E-state index is 0.188. The molecule has 1 aromatic carbocycles. The molecule has 1 aromatic rings. The zero-order chi connectivity index (χ0) is 11.4. The lowest BCUT2D eigenvalue weighted by Gasteiger charge is -2.24. The quantitative estimate of drug-likeness (QED) is 0.771. The largest absolute Gasteiger partial charge is 0.358 e. The van der Waals surface area contributed by atoms with Gasteiger partial charge in [0.25, 0.3) is 0 Å². The highest BCUT2D eigenvalue weighted by molar-refractivity contribution is 5.27. The van der Waals surface area contributed by atoms with Gasteiger partial charge in [0.05, 0.1) is 6.61 Å². The average molecular weight is 219 g/mol. The third kappa shape index (κ3) is 2.45. The molecule has 0 amide bonds. The Morgan fingerprint density at radius 3 is 2.94 bits per heavy atom. The van der Waals surface area contributed by atoms with Crippen LogP contribution in [0.2, 0.25) is 0 Å². The first-order valence-corrected chi connectivity index (χ1v) is 6.24. The van der Waals surface area contributed by atoms with E-state index in [2.05, 4.69) is 43.0 Å². The first kappa shape index (κ1) is 11.6. The molecular weight excluding hydrogens is 198 g/mol. The summed E-state index contributed by atoms with van der Waals surface area (Å²) < 4.78 is 5.86. The van der Waals surface area contributed by atoms with Crippen LogP contribution in [0.1, 0.15) is 37.1 Å². The number of unbranched alkanes of at least 4 members (excludes halogenated alkanes) is 1. The highest BCUT2D eigenvalue weighted by Crippen LogP contribution is 2.28. The summed E-state index contributed by atoms with van der Waals surface area (Å²) in [6.45, 7) is 7.48. The van der Waals surface area contributed by atoms with Crippen LogP contribution in [0.3, 0.4) is 0 Å². The topological polar surface area (TPSA) is 12.5 Å². The maximum absolute atomic E-state index is 5.86. The lowest BCUT2D eigenvalue weighted by Crippen LogP contribution is -2.25. The minimum atomic E-state index is 0.188. The Kier molecular flexibility index (Phi) is 3.97. The average Bonchev–Trinajstić information content (AvgIpc) is 2.75. The van der Waals surface area contributed by atoms with Crippen molar-refractivity contribution in [2.24, 2.45) is 0 Å². The molecule has 0 spiro atoms. The molecular formula is C14H21NO. The van der Waals surface area contributed by atoms with Gasteiger partial charge in [0.15, 0.2) is 0 Å². The molecule has 16 heavy (non-hydrogen) atoms. The van der Waals surface area contributed by atoms with Crippen molar-refractivity contribution in [3.63, 3.8) is 0 Å². The molecule has 0 radical (unpaired) electrons. The monoisotopic (exact) mass is 219 g/mol. The van der Waals surface area contributed by atoms with Crippen LogP contribution in [0.25, 0.3) is 0 Å². The number of hydrogen-bond acceptors (Lipinski definition) is 2. The van der Waals surface area contributed by atoms with Gasteiger partial charge in [-0.3, -0.25) is 4.90 Å². The zero-order valence-corrected chi connectivity index (χ0v) is 10.3. The van der Waals surface area contributed by atoms with Crippen LogP contribution in [0, 0.1) is 6.92 Å². The van der Waals surface area contributed by atoms with Gasteiger partial charge >= 0.3 is 0 Å². The molecule has 1 atom stereocenters. The summed E-state index contributed by atoms with van der Waals surface area (Å²) in [4.78, 5) is 2.45. The van der Waals surface area contributed by atoms with Gasteiger partial charge in [0.1, 0.15) is 6.23 Å². The number of nitrogens with zero attached hydrogens (tertiary/aromatic N) is 1. The van der Waals surface area contributed by atoms with Crippen molar-refractivity contribution in [2.75, 3.05) is 19.7 Å². The van der Waals surface area contributed by atoms with Gasteiger partial charge in [-0.1, -0.05) is 37.6 Å². The molecule has 1 fully saturated rings. The second-order valence-corrected chi connectivity index (χ2v) is 4.47. The lowest BCUT2D eigenvalue weighted by molar-refractivity contribution is 0.0316. The maximum Gasteiger partial charge on any atom is 0.137 e. The van der Waals surface area contributed by atoms with Crippen LogP contribution in [0.5, 0.6) is 0 Å². The van der Waals surface area contributed by atoms with Crippen molar-refractivity contribution < 1.29 is 4.74 Å². The van der Waals surface area contributed by atoms with E-state index in [0.29, 0.717) is 0 Å². The van der Waals surface area contributed by atoms with E-state index in [1.54, 1.807) is 0 Å². The second kappa shape index (κ2) is 5.46. The van der Waals surface area contributed by atoms with Crippen molar-refractivity contribution in [3.05, 3.63) is 35.4 Å². The van der Waals surface area contributed by atoms with Crippen LogP contribution < -0.4 is 0 Å². The summed E-state index contributed by atoms with van der Waals surface area (Å²) in [6, 6.07) is 8.53. The molecule has 88 valence electrons. The van der Waals surface area contributed by atoms with E-state index in [1.807, 2.05) is 0 Å². The molecule has 0 bridgehead atoms. The van der Waals surface area contributed by atoms with Gasteiger partial charge in [-0.25, -0.2) is 0 Å². The van der Waals surface area contributed by atoms with Gasteiger partial charge in [-0.2, -0.15) is 0 Å². The lowest BCUT2D eigenvalue weighted by atomic mass is 10.1. The van der Waals surface area contributed by atoms with Crippen LogP contribution in [-0.4, -0.2) is 24.6 Å². The van der Waals surface area contributed by atoms with E-state index in [1.165, 1.54) is 24.0 Å². The molecule has 2 nitrogen and oxygen atoms in total. The summed E-state index contributed by atoms with van der Waals surface area (Å²) in [5.74, 6) is 0. The second-order valence-electron chi connectivity index (χ2n) is 4.47. The molecule has 1 heterocycles. The number of benzene rings is 1. The Morgan fingerprint density at radius 2 is 2.19 bits per heavy atom. The summed E-state index contributed by atoms with van der Waals surface area (Å²) in [5.41, 5.74) is 2.66. The Bertz CT molecular complexity index is 337. The first-order chi connectivity index (χ1) is 7.83. The Labute approximate surface area is 98.2 Å². The van der Waals surface area contributed by atoms with E-state index in [0.717, 1.165) is 19.7 Å². The van der Waals surface area contributed by atoms with Crippen LogP contribution in [0.15, 0.2) is 24.3 Å². The number of rotatable bonds is 4. The maximum atomic E-state index is 5.86. The van der Waals surface area contributed by atoms with Crippen molar-refractivity contribution in [1.82, 2.24) is 4.90 Å². The summed E-state index contributed by atoms with van der Waals surface area (Å²) in [6.07, 6.45) is 2.69. The molecule has 0 aliphatic carbocycles. The zero-order valence-electron chi connectivity index (χ0n) is 10.3. The number of aryl methyl sites for hydroxylation is 1. The normalized spacial score (nSPS) is 21.5. The standard InChI is InChI=1S/C14H21NO/c1-3-4-9-15-10-11-16-14(15)13-8-6-5-7-12(13)2/h5-8,14H,3-4,9-11H2,1-2H3. The van der Waals surface area contributed by atoms with Crippen molar-refractivity contribution in [1.29, 1.82) is 0 Å². The van der Waals surface area contributed by atoms with E-state index >= 15 is 0 Å². The van der Waals surface area contributed by atoms with E-state index < -0.39 is 0 Å². The van der Waals surface area contributed by atoms with Gasteiger partial charge in [-0.15, -0.1) is 0 Å². The fourth-order valence-electron chi connectivity index (χ4n) is 2.24. The summed E-state index contributed by atoms with van der Waals surface area (Å²) in [5, 5.41) is 0. The number of hydrogen-bond donors (Lipinski definition) is 0. The Balaban J connectivity index is 2.10. The summed E-state index contributed by atoms with van der Waals surface area (Å²) >= 11 is 0. The van der Waals surface area contributed by atoms with E-state index in [9.17, 15) is 0 Å².